The number of para-hydroxylation sites is 3. The number of anilines is 1. The molecule has 0 radical (unpaired) electrons. The summed E-state index contributed by atoms with van der Waals surface area (Å²) in [6.45, 7) is 6.14. The lowest BCUT2D eigenvalue weighted by Crippen LogP contribution is -2.47. The molecule has 1 saturated heterocycles. The Labute approximate surface area is 213 Å². The summed E-state index contributed by atoms with van der Waals surface area (Å²) in [7, 11) is 0. The molecule has 0 saturated carbocycles. The van der Waals surface area contributed by atoms with Gasteiger partial charge in [0.1, 0.15) is 17.6 Å². The predicted octanol–water partition coefficient (Wildman–Crippen LogP) is 3.93. The highest BCUT2D eigenvalue weighted by Gasteiger charge is 2.25. The van der Waals surface area contributed by atoms with Crippen molar-refractivity contribution in [1.29, 1.82) is 0 Å². The molecule has 0 aliphatic carbocycles. The van der Waals surface area contributed by atoms with E-state index in [-0.39, 0.29) is 42.6 Å². The number of halogens is 1. The Morgan fingerprint density at radius 2 is 1.85 bits per heavy atom. The molecule has 0 aromatic heterocycles. The maximum Gasteiger partial charge on any atom is 0.265 e. The molecule has 2 heterocycles. The molecule has 8 heteroatoms. The summed E-state index contributed by atoms with van der Waals surface area (Å²) >= 11 is 0. The van der Waals surface area contributed by atoms with Crippen LogP contribution >= 0.6 is 24.0 Å². The normalized spacial score (nSPS) is 16.5. The van der Waals surface area contributed by atoms with Crippen LogP contribution in [0.5, 0.6) is 11.5 Å². The molecule has 1 amide bonds. The maximum absolute atomic E-state index is 12.3. The van der Waals surface area contributed by atoms with Crippen LogP contribution in [0.3, 0.4) is 0 Å². The van der Waals surface area contributed by atoms with Gasteiger partial charge in [0.2, 0.25) is 0 Å². The lowest BCUT2D eigenvalue weighted by Gasteiger charge is -2.34. The van der Waals surface area contributed by atoms with Crippen LogP contribution in [0, 0.1) is 0 Å². The van der Waals surface area contributed by atoms with Gasteiger partial charge in [0, 0.05) is 45.6 Å². The summed E-state index contributed by atoms with van der Waals surface area (Å²) in [4.78, 5) is 21.3. The van der Waals surface area contributed by atoms with Crippen molar-refractivity contribution in [3.8, 4) is 11.5 Å². The van der Waals surface area contributed by atoms with E-state index in [0.29, 0.717) is 13.1 Å². The van der Waals surface area contributed by atoms with E-state index < -0.39 is 0 Å². The predicted molar refractivity (Wildman–Crippen MR) is 142 cm³/mol. The molecule has 2 aliphatic rings. The van der Waals surface area contributed by atoms with Gasteiger partial charge in [0.05, 0.1) is 5.69 Å². The van der Waals surface area contributed by atoms with Crippen molar-refractivity contribution < 1.29 is 14.3 Å². The largest absolute Gasteiger partial charge is 0.490 e. The lowest BCUT2D eigenvalue weighted by molar-refractivity contribution is -0.121. The van der Waals surface area contributed by atoms with E-state index in [2.05, 4.69) is 17.1 Å². The number of amides is 1. The van der Waals surface area contributed by atoms with E-state index in [1.807, 2.05) is 59.5 Å². The van der Waals surface area contributed by atoms with Crippen molar-refractivity contribution in [2.45, 2.75) is 32.3 Å². The molecule has 0 spiro atoms. The number of hydrogen-bond donors (Lipinski definition) is 1. The second-order valence-corrected chi connectivity index (χ2v) is 8.01. The minimum Gasteiger partial charge on any atom is -0.490 e. The van der Waals surface area contributed by atoms with Crippen LogP contribution in [0.2, 0.25) is 0 Å². The van der Waals surface area contributed by atoms with Crippen LogP contribution in [0.15, 0.2) is 59.6 Å². The Hall–Kier alpha value is -2.49. The lowest BCUT2D eigenvalue weighted by atomic mass is 10.1. The third-order valence-corrected chi connectivity index (χ3v) is 5.73. The molecule has 1 fully saturated rings. The van der Waals surface area contributed by atoms with Gasteiger partial charge in [-0.15, -0.1) is 24.0 Å². The van der Waals surface area contributed by atoms with Crippen LogP contribution in [-0.2, 0) is 4.79 Å². The van der Waals surface area contributed by atoms with E-state index in [1.54, 1.807) is 0 Å². The van der Waals surface area contributed by atoms with Crippen molar-refractivity contribution in [1.82, 2.24) is 10.2 Å². The monoisotopic (exact) mass is 564 g/mol. The molecule has 0 unspecified atom stereocenters. The van der Waals surface area contributed by atoms with Crippen molar-refractivity contribution in [3.63, 3.8) is 0 Å². The number of guanidine groups is 1. The topological polar surface area (TPSA) is 66.4 Å². The number of hydrogen-bond acceptors (Lipinski definition) is 4. The minimum atomic E-state index is 0. The molecule has 2 aromatic rings. The highest BCUT2D eigenvalue weighted by Crippen LogP contribution is 2.31. The number of nitrogens with zero attached hydrogens (tertiary/aromatic N) is 3. The molecule has 7 nitrogen and oxygen atoms in total. The Kier molecular flexibility index (Phi) is 9.65. The number of likely N-dealkylation sites (tertiary alicyclic amines) is 1. The van der Waals surface area contributed by atoms with Gasteiger partial charge >= 0.3 is 0 Å². The van der Waals surface area contributed by atoms with Crippen molar-refractivity contribution in [2.75, 3.05) is 44.2 Å². The van der Waals surface area contributed by atoms with Crippen LogP contribution < -0.4 is 19.7 Å². The summed E-state index contributed by atoms with van der Waals surface area (Å²) in [5.74, 6) is 2.65. The van der Waals surface area contributed by atoms with Gasteiger partial charge in [0.15, 0.2) is 12.6 Å². The third-order valence-electron chi connectivity index (χ3n) is 5.73. The first-order chi connectivity index (χ1) is 15.7. The van der Waals surface area contributed by atoms with E-state index in [0.717, 1.165) is 62.0 Å². The highest BCUT2D eigenvalue weighted by atomic mass is 127. The van der Waals surface area contributed by atoms with Gasteiger partial charge in [-0.2, -0.15) is 0 Å². The minimum absolute atomic E-state index is 0. The average Bonchev–Trinajstić information content (AvgIpc) is 2.83. The number of fused-ring (bicyclic) bond motifs is 1. The average molecular weight is 564 g/mol. The van der Waals surface area contributed by atoms with E-state index in [4.69, 9.17) is 14.5 Å². The Morgan fingerprint density at radius 3 is 2.61 bits per heavy atom. The first kappa shape index (κ1) is 25.1. The van der Waals surface area contributed by atoms with Gasteiger partial charge in [-0.25, -0.2) is 0 Å². The molecule has 4 rings (SSSR count). The standard InChI is InChI=1S/C25H32N4O3.HI/c1-2-26-25(28-17-13-21(14-18-28)32-20-9-4-3-5-10-20)27-15-8-16-29-22-11-6-7-12-23(22)31-19-24(29)30;/h3-7,9-12,21H,2,8,13-19H2,1H3,(H,26,27);1H. The number of carbonyl (C=O) groups excluding carboxylic acids is 1. The Bertz CT molecular complexity index is 917. The molecule has 33 heavy (non-hydrogen) atoms. The number of aliphatic imine (C=N–C) groups is 1. The fourth-order valence-corrected chi connectivity index (χ4v) is 4.12. The SMILES string of the molecule is CCNC(=NCCCN1C(=O)COc2ccccc21)N1CCC(Oc2ccccc2)CC1.I. The van der Waals surface area contributed by atoms with Crippen LogP contribution in [0.1, 0.15) is 26.2 Å². The summed E-state index contributed by atoms with van der Waals surface area (Å²) in [6, 6.07) is 17.7. The van der Waals surface area contributed by atoms with Crippen molar-refractivity contribution >= 4 is 41.5 Å². The fraction of sp³-hybridized carbons (Fsp3) is 0.440. The second-order valence-electron chi connectivity index (χ2n) is 8.01. The number of ether oxygens (including phenoxy) is 2. The van der Waals surface area contributed by atoms with E-state index >= 15 is 0 Å². The van der Waals surface area contributed by atoms with E-state index in [1.165, 1.54) is 0 Å². The van der Waals surface area contributed by atoms with Gasteiger partial charge in [-0.1, -0.05) is 30.3 Å². The molecule has 0 bridgehead atoms. The van der Waals surface area contributed by atoms with Gasteiger partial charge in [0.25, 0.3) is 5.91 Å². The first-order valence-electron chi connectivity index (χ1n) is 11.5. The summed E-state index contributed by atoms with van der Waals surface area (Å²) < 4.78 is 11.6. The summed E-state index contributed by atoms with van der Waals surface area (Å²) in [5, 5.41) is 3.41. The van der Waals surface area contributed by atoms with Gasteiger partial charge in [-0.05, 0) is 37.6 Å². The van der Waals surface area contributed by atoms with Crippen molar-refractivity contribution in [2.24, 2.45) is 4.99 Å². The quantitative estimate of drug-likeness (QED) is 0.239. The Balaban J connectivity index is 0.00000306. The number of nitrogens with one attached hydrogen (secondary N) is 1. The van der Waals surface area contributed by atoms with Crippen molar-refractivity contribution in [3.05, 3.63) is 54.6 Å². The zero-order valence-corrected chi connectivity index (χ0v) is 21.4. The van der Waals surface area contributed by atoms with Gasteiger partial charge in [-0.3, -0.25) is 9.79 Å². The van der Waals surface area contributed by atoms with Crippen LogP contribution in [0.4, 0.5) is 5.69 Å². The first-order valence-corrected chi connectivity index (χ1v) is 11.5. The van der Waals surface area contributed by atoms with Crippen LogP contribution in [-0.4, -0.2) is 62.2 Å². The van der Waals surface area contributed by atoms with Crippen LogP contribution in [0.25, 0.3) is 0 Å². The number of benzene rings is 2. The highest BCUT2D eigenvalue weighted by molar-refractivity contribution is 14.0. The number of carbonyl (C=O) groups is 1. The smallest absolute Gasteiger partial charge is 0.265 e. The molecule has 2 aromatic carbocycles. The number of piperidine rings is 1. The maximum atomic E-state index is 12.3. The second kappa shape index (κ2) is 12.7. The zero-order chi connectivity index (χ0) is 22.2. The third kappa shape index (κ3) is 6.75. The molecule has 1 N–H and O–H groups in total. The molecule has 2 aliphatic heterocycles. The summed E-state index contributed by atoms with van der Waals surface area (Å²) in [5.41, 5.74) is 0.847. The fourth-order valence-electron chi connectivity index (χ4n) is 4.12. The Morgan fingerprint density at radius 1 is 1.12 bits per heavy atom. The van der Waals surface area contributed by atoms with Gasteiger partial charge < -0.3 is 24.6 Å². The van der Waals surface area contributed by atoms with E-state index in [9.17, 15) is 4.79 Å². The molecular formula is C25H33IN4O3. The summed E-state index contributed by atoms with van der Waals surface area (Å²) in [6.07, 6.45) is 2.98. The molecule has 0 atom stereocenters. The molecule has 178 valence electrons. The number of rotatable bonds is 7. The zero-order valence-electron chi connectivity index (χ0n) is 19.1. The molecular weight excluding hydrogens is 531 g/mol.